The van der Waals surface area contributed by atoms with E-state index in [2.05, 4.69) is 12.2 Å². The molecule has 0 amide bonds. The zero-order valence-corrected chi connectivity index (χ0v) is 19.5. The highest BCUT2D eigenvalue weighted by molar-refractivity contribution is 7.14. The number of ether oxygens (including phenoxy) is 1. The zero-order valence-electron chi connectivity index (χ0n) is 18.7. The van der Waals surface area contributed by atoms with Crippen LogP contribution in [0.15, 0.2) is 30.3 Å². The van der Waals surface area contributed by atoms with Crippen molar-refractivity contribution in [2.24, 2.45) is 5.92 Å². The van der Waals surface area contributed by atoms with Gasteiger partial charge in [-0.2, -0.15) is 0 Å². The van der Waals surface area contributed by atoms with E-state index < -0.39 is 0 Å². The normalized spacial score (nSPS) is 14.5. The van der Waals surface area contributed by atoms with Gasteiger partial charge < -0.3 is 15.0 Å². The van der Waals surface area contributed by atoms with Crippen LogP contribution in [0.25, 0.3) is 0 Å². The molecule has 2 aromatic rings. The quantitative estimate of drug-likeness (QED) is 0.205. The van der Waals surface area contributed by atoms with E-state index in [1.165, 1.54) is 35.6 Å². The van der Waals surface area contributed by atoms with Crippen molar-refractivity contribution >= 4 is 28.8 Å². The van der Waals surface area contributed by atoms with Crippen LogP contribution in [0.3, 0.4) is 0 Å². The third-order valence-electron chi connectivity index (χ3n) is 5.64. The molecule has 2 heterocycles. The minimum absolute atomic E-state index is 0.0186. The van der Waals surface area contributed by atoms with Gasteiger partial charge in [-0.05, 0) is 69.6 Å². The summed E-state index contributed by atoms with van der Waals surface area (Å²) in [6, 6.07) is 7.62. The SMILES string of the molecule is CCC(CCNCCCC(=O)c1ccc(F)cc1)C(=N)N1CCOc2cc(C)sc2C1=N. The molecule has 1 aromatic heterocycles. The standard InChI is InChI=1S/C24H31FN4O2S/c1-3-17(10-12-28-11-4-5-20(30)18-6-8-19(25)9-7-18)23(26)29-13-14-31-21-15-16(2)32-22(21)24(29)27/h6-9,15,17,26-28H,3-5,10-14H2,1-2H3. The number of Topliss-reactive ketones (excluding diaryl/α,β-unsaturated/α-hetero) is 1. The molecule has 0 saturated heterocycles. The number of hydrogen-bond acceptors (Lipinski definition) is 6. The van der Waals surface area contributed by atoms with E-state index in [4.69, 9.17) is 15.6 Å². The molecular weight excluding hydrogens is 427 g/mol. The highest BCUT2D eigenvalue weighted by Crippen LogP contribution is 2.32. The average molecular weight is 459 g/mol. The predicted molar refractivity (Wildman–Crippen MR) is 127 cm³/mol. The van der Waals surface area contributed by atoms with Gasteiger partial charge in [0.05, 0.1) is 6.54 Å². The molecule has 1 aliphatic heterocycles. The van der Waals surface area contributed by atoms with Gasteiger partial charge in [-0.25, -0.2) is 4.39 Å². The third-order valence-corrected chi connectivity index (χ3v) is 6.68. The van der Waals surface area contributed by atoms with E-state index in [1.54, 1.807) is 4.90 Å². The molecule has 172 valence electrons. The summed E-state index contributed by atoms with van der Waals surface area (Å²) >= 11 is 1.53. The Morgan fingerprint density at radius 1 is 1.31 bits per heavy atom. The Morgan fingerprint density at radius 3 is 2.78 bits per heavy atom. The number of fused-ring (bicyclic) bond motifs is 1. The van der Waals surface area contributed by atoms with Crippen LogP contribution in [0.1, 0.15) is 52.7 Å². The van der Waals surface area contributed by atoms with Crippen LogP contribution in [0.4, 0.5) is 4.39 Å². The average Bonchev–Trinajstić information content (AvgIpc) is 3.09. The maximum Gasteiger partial charge on any atom is 0.162 e. The molecule has 1 unspecified atom stereocenters. The van der Waals surface area contributed by atoms with Gasteiger partial charge in [0.25, 0.3) is 0 Å². The van der Waals surface area contributed by atoms with Crippen LogP contribution in [0.2, 0.25) is 0 Å². The molecule has 3 rings (SSSR count). The van der Waals surface area contributed by atoms with E-state index in [0.29, 0.717) is 49.8 Å². The highest BCUT2D eigenvalue weighted by atomic mass is 32.1. The van der Waals surface area contributed by atoms with Crippen LogP contribution >= 0.6 is 11.3 Å². The van der Waals surface area contributed by atoms with E-state index in [0.717, 1.165) is 34.9 Å². The molecule has 0 radical (unpaired) electrons. The lowest BCUT2D eigenvalue weighted by molar-refractivity contribution is 0.0980. The molecule has 32 heavy (non-hydrogen) atoms. The molecule has 0 saturated carbocycles. The van der Waals surface area contributed by atoms with E-state index >= 15 is 0 Å². The topological polar surface area (TPSA) is 89.3 Å². The Hall–Kier alpha value is -2.58. The Bertz CT molecular complexity index is 957. The summed E-state index contributed by atoms with van der Waals surface area (Å²) in [6.45, 7) is 6.49. The van der Waals surface area contributed by atoms with Crippen molar-refractivity contribution in [1.29, 1.82) is 10.8 Å². The second-order valence-electron chi connectivity index (χ2n) is 7.96. The van der Waals surface area contributed by atoms with Crippen molar-refractivity contribution < 1.29 is 13.9 Å². The number of carbonyl (C=O) groups excluding carboxylic acids is 1. The van der Waals surface area contributed by atoms with Gasteiger partial charge in [-0.3, -0.25) is 15.6 Å². The molecule has 1 aromatic carbocycles. The molecule has 1 atom stereocenters. The van der Waals surface area contributed by atoms with E-state index in [1.807, 2.05) is 13.0 Å². The van der Waals surface area contributed by atoms with Gasteiger partial charge in [0, 0.05) is 22.8 Å². The number of hydrogen-bond donors (Lipinski definition) is 3. The van der Waals surface area contributed by atoms with Crippen LogP contribution in [0, 0.1) is 29.5 Å². The van der Waals surface area contributed by atoms with Crippen molar-refractivity contribution in [2.45, 2.75) is 39.5 Å². The molecule has 0 bridgehead atoms. The lowest BCUT2D eigenvalue weighted by Gasteiger charge is -2.28. The summed E-state index contributed by atoms with van der Waals surface area (Å²) < 4.78 is 18.8. The van der Waals surface area contributed by atoms with Crippen molar-refractivity contribution in [1.82, 2.24) is 10.2 Å². The van der Waals surface area contributed by atoms with Crippen LogP contribution in [-0.4, -0.2) is 48.6 Å². The van der Waals surface area contributed by atoms with E-state index in [9.17, 15) is 9.18 Å². The number of amidine groups is 2. The number of nitrogens with zero attached hydrogens (tertiary/aromatic N) is 1. The first-order valence-corrected chi connectivity index (χ1v) is 11.9. The predicted octanol–water partition coefficient (Wildman–Crippen LogP) is 4.86. The Labute approximate surface area is 192 Å². The largest absolute Gasteiger partial charge is 0.490 e. The summed E-state index contributed by atoms with van der Waals surface area (Å²) in [5.74, 6) is 1.29. The first-order chi connectivity index (χ1) is 15.4. The lowest BCUT2D eigenvalue weighted by atomic mass is 9.99. The van der Waals surface area contributed by atoms with Crippen LogP contribution < -0.4 is 10.1 Å². The molecule has 3 N–H and O–H groups in total. The molecule has 6 nitrogen and oxygen atoms in total. The smallest absolute Gasteiger partial charge is 0.162 e. The molecule has 1 aliphatic rings. The number of nitrogens with one attached hydrogen (secondary N) is 3. The number of rotatable bonds is 10. The summed E-state index contributed by atoms with van der Waals surface area (Å²) in [5.41, 5.74) is 0.541. The van der Waals surface area contributed by atoms with Gasteiger partial charge in [-0.15, -0.1) is 11.3 Å². The second-order valence-corrected chi connectivity index (χ2v) is 9.22. The number of benzene rings is 1. The van der Waals surface area contributed by atoms with Crippen molar-refractivity contribution in [3.05, 3.63) is 51.5 Å². The monoisotopic (exact) mass is 458 g/mol. The van der Waals surface area contributed by atoms with Crippen LogP contribution in [0.5, 0.6) is 5.75 Å². The molecule has 8 heteroatoms. The Balaban J connectivity index is 1.43. The Morgan fingerprint density at radius 2 is 2.06 bits per heavy atom. The molecule has 0 fully saturated rings. The van der Waals surface area contributed by atoms with Gasteiger partial charge in [-0.1, -0.05) is 6.92 Å². The summed E-state index contributed by atoms with van der Waals surface area (Å²) in [6.07, 6.45) is 2.74. The van der Waals surface area contributed by atoms with Gasteiger partial charge in [0.1, 0.15) is 34.7 Å². The van der Waals surface area contributed by atoms with Crippen LogP contribution in [-0.2, 0) is 0 Å². The summed E-state index contributed by atoms with van der Waals surface area (Å²) in [5, 5.41) is 20.7. The third kappa shape index (κ3) is 6.01. The van der Waals surface area contributed by atoms with Gasteiger partial charge in [0.2, 0.25) is 0 Å². The molecule has 0 spiro atoms. The number of thiophene rings is 1. The number of carbonyl (C=O) groups is 1. The minimum atomic E-state index is -0.340. The van der Waals surface area contributed by atoms with Crippen molar-refractivity contribution in [3.63, 3.8) is 0 Å². The maximum absolute atomic E-state index is 13.0. The maximum atomic E-state index is 13.0. The van der Waals surface area contributed by atoms with Gasteiger partial charge >= 0.3 is 0 Å². The fourth-order valence-electron chi connectivity index (χ4n) is 3.80. The van der Waals surface area contributed by atoms with E-state index in [-0.39, 0.29) is 17.5 Å². The summed E-state index contributed by atoms with van der Waals surface area (Å²) in [4.78, 5) is 15.8. The molecule has 0 aliphatic carbocycles. The highest BCUT2D eigenvalue weighted by Gasteiger charge is 2.28. The fraction of sp³-hybridized carbons (Fsp3) is 0.458. The molecular formula is C24H31FN4O2S. The van der Waals surface area contributed by atoms with Gasteiger partial charge in [0.15, 0.2) is 5.78 Å². The second kappa shape index (κ2) is 11.3. The van der Waals surface area contributed by atoms with Crippen molar-refractivity contribution in [3.8, 4) is 5.75 Å². The summed E-state index contributed by atoms with van der Waals surface area (Å²) in [7, 11) is 0. The fourth-order valence-corrected chi connectivity index (χ4v) is 4.71. The minimum Gasteiger partial charge on any atom is -0.490 e. The number of aryl methyl sites for hydroxylation is 1. The first-order valence-electron chi connectivity index (χ1n) is 11.1. The number of ketones is 1. The first kappa shape index (κ1) is 24.1. The zero-order chi connectivity index (χ0) is 23.1. The van der Waals surface area contributed by atoms with Crippen molar-refractivity contribution in [2.75, 3.05) is 26.2 Å². The number of halogens is 1. The Kier molecular flexibility index (Phi) is 8.53. The lowest BCUT2D eigenvalue weighted by Crippen LogP contribution is -2.41.